The Morgan fingerprint density at radius 1 is 1.03 bits per heavy atom. The van der Waals surface area contributed by atoms with Gasteiger partial charge in [0.25, 0.3) is 11.7 Å². The number of hydrogen-bond donors (Lipinski definition) is 1. The largest absolute Gasteiger partial charge is 0.507 e. The van der Waals surface area contributed by atoms with Gasteiger partial charge in [-0.2, -0.15) is 0 Å². The van der Waals surface area contributed by atoms with E-state index in [1.165, 1.54) is 36.5 Å². The molecule has 2 heterocycles. The molecule has 4 rings (SSSR count). The van der Waals surface area contributed by atoms with Crippen LogP contribution < -0.4 is 14.4 Å². The van der Waals surface area contributed by atoms with Gasteiger partial charge in [0.1, 0.15) is 16.8 Å². The highest BCUT2D eigenvalue weighted by Gasteiger charge is 2.48. The zero-order chi connectivity index (χ0) is 24.7. The topological polar surface area (TPSA) is 76.1 Å². The number of ketones is 1. The molecule has 1 atom stereocenters. The molecule has 1 aliphatic heterocycles. The highest BCUT2D eigenvalue weighted by molar-refractivity contribution is 7.10. The number of carbonyl (C=O) groups excluding carboxylic acids is 2. The van der Waals surface area contributed by atoms with Crippen molar-refractivity contribution in [2.45, 2.75) is 19.9 Å². The Kier molecular flexibility index (Phi) is 6.62. The monoisotopic (exact) mass is 517 g/mol. The van der Waals surface area contributed by atoms with Crippen LogP contribution in [0.2, 0.25) is 10.0 Å². The minimum Gasteiger partial charge on any atom is -0.507 e. The van der Waals surface area contributed by atoms with Crippen molar-refractivity contribution in [3.63, 3.8) is 0 Å². The number of aliphatic hydroxyl groups is 1. The van der Waals surface area contributed by atoms with E-state index in [-0.39, 0.29) is 32.7 Å². The molecule has 0 bridgehead atoms. The number of rotatable bonds is 5. The Morgan fingerprint density at radius 2 is 1.68 bits per heavy atom. The van der Waals surface area contributed by atoms with Crippen LogP contribution in [0.1, 0.15) is 27.6 Å². The number of ether oxygens (including phenoxy) is 2. The van der Waals surface area contributed by atoms with Gasteiger partial charge >= 0.3 is 0 Å². The van der Waals surface area contributed by atoms with Crippen LogP contribution in [0.4, 0.5) is 5.69 Å². The van der Waals surface area contributed by atoms with Crippen molar-refractivity contribution in [1.29, 1.82) is 0 Å². The molecule has 0 radical (unpaired) electrons. The average Bonchev–Trinajstić information content (AvgIpc) is 3.34. The number of carbonyl (C=O) groups is 2. The van der Waals surface area contributed by atoms with Crippen LogP contribution in [0.3, 0.4) is 0 Å². The number of anilines is 1. The van der Waals surface area contributed by atoms with E-state index >= 15 is 0 Å². The first-order valence-electron chi connectivity index (χ1n) is 10.2. The smallest absolute Gasteiger partial charge is 0.300 e. The van der Waals surface area contributed by atoms with Crippen molar-refractivity contribution in [2.75, 3.05) is 19.1 Å². The Balaban J connectivity index is 2.01. The molecule has 1 N–H and O–H groups in total. The quantitative estimate of drug-likeness (QED) is 0.243. The standard InChI is InChI=1S/C25H21Cl2NO5S/c1-12-5-7-14(8-6-12)28-19(24-13(2)9-10-34-24)17(21(30)25(28)31)20(29)15-11-16(26)23(33-4)18(27)22(15)32-3/h5-11,19,29H,1-4H3/b20-17+. The summed E-state index contributed by atoms with van der Waals surface area (Å²) >= 11 is 14.1. The number of nitrogens with zero attached hydrogens (tertiary/aromatic N) is 1. The normalized spacial score (nSPS) is 17.4. The van der Waals surface area contributed by atoms with E-state index < -0.39 is 23.5 Å². The van der Waals surface area contributed by atoms with Crippen LogP contribution in [0.5, 0.6) is 11.5 Å². The van der Waals surface area contributed by atoms with Crippen molar-refractivity contribution in [1.82, 2.24) is 0 Å². The number of Topliss-reactive ketones (excluding diaryl/α,β-unsaturated/α-hetero) is 1. The highest BCUT2D eigenvalue weighted by atomic mass is 35.5. The molecule has 1 fully saturated rings. The van der Waals surface area contributed by atoms with Gasteiger partial charge in [-0.3, -0.25) is 14.5 Å². The number of hydrogen-bond acceptors (Lipinski definition) is 6. The van der Waals surface area contributed by atoms with Crippen molar-refractivity contribution < 1.29 is 24.2 Å². The maximum Gasteiger partial charge on any atom is 0.300 e. The number of amides is 1. The number of halogens is 2. The maximum absolute atomic E-state index is 13.3. The number of aliphatic hydroxyl groups excluding tert-OH is 1. The van der Waals surface area contributed by atoms with Crippen LogP contribution >= 0.6 is 34.5 Å². The van der Waals surface area contributed by atoms with Gasteiger partial charge in [-0.1, -0.05) is 40.9 Å². The molecule has 3 aromatic rings. The van der Waals surface area contributed by atoms with Gasteiger partial charge < -0.3 is 14.6 Å². The van der Waals surface area contributed by atoms with E-state index in [0.717, 1.165) is 16.0 Å². The highest BCUT2D eigenvalue weighted by Crippen LogP contribution is 2.49. The lowest BCUT2D eigenvalue weighted by Crippen LogP contribution is -2.29. The zero-order valence-electron chi connectivity index (χ0n) is 18.8. The van der Waals surface area contributed by atoms with Gasteiger partial charge in [-0.05, 0) is 49.1 Å². The van der Waals surface area contributed by atoms with Gasteiger partial charge in [0.15, 0.2) is 11.5 Å². The lowest BCUT2D eigenvalue weighted by Gasteiger charge is -2.25. The van der Waals surface area contributed by atoms with Crippen molar-refractivity contribution in [2.24, 2.45) is 0 Å². The number of aryl methyl sites for hydroxylation is 2. The van der Waals surface area contributed by atoms with E-state index in [1.54, 1.807) is 12.1 Å². The molecule has 1 saturated heterocycles. The van der Waals surface area contributed by atoms with Gasteiger partial charge in [0, 0.05) is 10.6 Å². The fourth-order valence-corrected chi connectivity index (χ4v) is 5.72. The van der Waals surface area contributed by atoms with E-state index in [1.807, 2.05) is 37.4 Å². The Bertz CT molecular complexity index is 1330. The molecule has 34 heavy (non-hydrogen) atoms. The van der Waals surface area contributed by atoms with Crippen molar-refractivity contribution >= 4 is 57.7 Å². The summed E-state index contributed by atoms with van der Waals surface area (Å²) in [6, 6.07) is 9.73. The van der Waals surface area contributed by atoms with Crippen LogP contribution in [0.15, 0.2) is 47.4 Å². The molecule has 1 aliphatic rings. The molecule has 176 valence electrons. The van der Waals surface area contributed by atoms with Crippen molar-refractivity contribution in [3.05, 3.63) is 79.0 Å². The van der Waals surface area contributed by atoms with Crippen LogP contribution in [0, 0.1) is 13.8 Å². The van der Waals surface area contributed by atoms with Gasteiger partial charge in [0.2, 0.25) is 0 Å². The fraction of sp³-hybridized carbons (Fsp3) is 0.200. The maximum atomic E-state index is 13.3. The average molecular weight is 518 g/mol. The van der Waals surface area contributed by atoms with Gasteiger partial charge in [-0.25, -0.2) is 0 Å². The molecule has 1 amide bonds. The second-order valence-electron chi connectivity index (χ2n) is 7.76. The van der Waals surface area contributed by atoms with Gasteiger partial charge in [-0.15, -0.1) is 11.3 Å². The molecular weight excluding hydrogens is 497 g/mol. The van der Waals surface area contributed by atoms with E-state index in [4.69, 9.17) is 32.7 Å². The Morgan fingerprint density at radius 3 is 2.24 bits per heavy atom. The second kappa shape index (κ2) is 9.33. The molecule has 0 saturated carbocycles. The summed E-state index contributed by atoms with van der Waals surface area (Å²) in [5, 5.41) is 13.5. The summed E-state index contributed by atoms with van der Waals surface area (Å²) in [6.45, 7) is 3.82. The Labute approximate surface area is 210 Å². The minimum absolute atomic E-state index is 0.0377. The summed E-state index contributed by atoms with van der Waals surface area (Å²) in [4.78, 5) is 28.8. The van der Waals surface area contributed by atoms with E-state index in [9.17, 15) is 14.7 Å². The fourth-order valence-electron chi connectivity index (χ4n) is 4.01. The molecule has 1 unspecified atom stereocenters. The summed E-state index contributed by atoms with van der Waals surface area (Å²) in [6.07, 6.45) is 0. The zero-order valence-corrected chi connectivity index (χ0v) is 21.1. The predicted molar refractivity (Wildman–Crippen MR) is 135 cm³/mol. The Hall–Kier alpha value is -3.00. The van der Waals surface area contributed by atoms with Crippen LogP contribution in [-0.2, 0) is 9.59 Å². The van der Waals surface area contributed by atoms with Crippen molar-refractivity contribution in [3.8, 4) is 11.5 Å². The summed E-state index contributed by atoms with van der Waals surface area (Å²) in [7, 11) is 2.77. The lowest BCUT2D eigenvalue weighted by atomic mass is 9.97. The summed E-state index contributed by atoms with van der Waals surface area (Å²) in [5.74, 6) is -1.76. The SMILES string of the molecule is COc1c(Cl)cc(/C(O)=C2\C(=O)C(=O)N(c3ccc(C)cc3)C2c2sccc2C)c(OC)c1Cl. The molecule has 1 aromatic heterocycles. The molecule has 6 nitrogen and oxygen atoms in total. The summed E-state index contributed by atoms with van der Waals surface area (Å²) < 4.78 is 10.6. The first-order valence-corrected chi connectivity index (χ1v) is 11.9. The first kappa shape index (κ1) is 24.1. The number of thiophene rings is 1. The van der Waals surface area contributed by atoms with E-state index in [2.05, 4.69) is 0 Å². The molecule has 0 spiro atoms. The first-order chi connectivity index (χ1) is 16.2. The molecule has 2 aromatic carbocycles. The van der Waals surface area contributed by atoms with Crippen LogP contribution in [0.25, 0.3) is 5.76 Å². The molecule has 0 aliphatic carbocycles. The van der Waals surface area contributed by atoms with Gasteiger partial charge in [0.05, 0.1) is 30.4 Å². The second-order valence-corrected chi connectivity index (χ2v) is 9.49. The lowest BCUT2D eigenvalue weighted by molar-refractivity contribution is -0.132. The predicted octanol–water partition coefficient (Wildman–Crippen LogP) is 6.32. The number of benzene rings is 2. The third-order valence-electron chi connectivity index (χ3n) is 5.70. The molecule has 9 heteroatoms. The third kappa shape index (κ3) is 3.83. The molecular formula is C25H21Cl2NO5S. The number of methoxy groups -OCH3 is 2. The third-order valence-corrected chi connectivity index (χ3v) is 7.40. The van der Waals surface area contributed by atoms with Crippen LogP contribution in [-0.4, -0.2) is 31.0 Å². The minimum atomic E-state index is -0.841. The summed E-state index contributed by atoms with van der Waals surface area (Å²) in [5.41, 5.74) is 2.45. The van der Waals surface area contributed by atoms with E-state index in [0.29, 0.717) is 5.69 Å².